The number of hydrogen-bond donors (Lipinski definition) is 0. The first-order valence-electron chi connectivity index (χ1n) is 6.43. The second-order valence-electron chi connectivity index (χ2n) is 4.47. The Morgan fingerprint density at radius 3 is 2.10 bits per heavy atom. The van der Waals surface area contributed by atoms with Gasteiger partial charge in [-0.25, -0.2) is 0 Å². The minimum Gasteiger partial charge on any atom is -0.497 e. The van der Waals surface area contributed by atoms with E-state index in [0.717, 1.165) is 32.2 Å². The highest BCUT2D eigenvalue weighted by molar-refractivity contribution is 9.11. The summed E-state index contributed by atoms with van der Waals surface area (Å²) in [6.07, 6.45) is 0.850. The Morgan fingerprint density at radius 1 is 0.952 bits per heavy atom. The second-order valence-corrected chi connectivity index (χ2v) is 6.74. The van der Waals surface area contributed by atoms with Crippen molar-refractivity contribution in [1.82, 2.24) is 0 Å². The van der Waals surface area contributed by atoms with E-state index in [1.165, 1.54) is 11.1 Å². The van der Waals surface area contributed by atoms with E-state index in [0.29, 0.717) is 6.61 Å². The molecule has 0 aliphatic carbocycles. The van der Waals surface area contributed by atoms with Crippen LogP contribution >= 0.6 is 47.8 Å². The van der Waals surface area contributed by atoms with Crippen molar-refractivity contribution < 1.29 is 9.47 Å². The fraction of sp³-hybridized carbons (Fsp3) is 0.250. The predicted octanol–water partition coefficient (Wildman–Crippen LogP) is 5.74. The van der Waals surface area contributed by atoms with Crippen LogP contribution in [-0.4, -0.2) is 13.7 Å². The molecule has 0 amide bonds. The average molecular weight is 479 g/mol. The van der Waals surface area contributed by atoms with Crippen molar-refractivity contribution in [2.45, 2.75) is 11.8 Å². The molecule has 2 aromatic carbocycles. The molecule has 0 spiro atoms. The fourth-order valence-corrected chi connectivity index (χ4v) is 3.72. The summed E-state index contributed by atoms with van der Waals surface area (Å²) in [6.45, 7) is 0.622. The molecule has 0 aliphatic rings. The van der Waals surface area contributed by atoms with E-state index in [1.54, 1.807) is 7.11 Å². The molecule has 0 fully saturated rings. The number of alkyl halides is 1. The molecule has 0 atom stereocenters. The van der Waals surface area contributed by atoms with Crippen LogP contribution < -0.4 is 9.47 Å². The predicted molar refractivity (Wildman–Crippen MR) is 96.7 cm³/mol. The smallest absolute Gasteiger partial charge is 0.147 e. The Morgan fingerprint density at radius 2 is 1.57 bits per heavy atom. The summed E-state index contributed by atoms with van der Waals surface area (Å²) in [5.74, 6) is 1.71. The molecule has 0 unspecified atom stereocenters. The van der Waals surface area contributed by atoms with Crippen molar-refractivity contribution in [3.63, 3.8) is 0 Å². The molecule has 0 aliphatic heterocycles. The maximum absolute atomic E-state index is 5.89. The zero-order chi connectivity index (χ0) is 15.2. The Hall–Kier alpha value is -0.520. The normalized spacial score (nSPS) is 10.5. The van der Waals surface area contributed by atoms with Crippen molar-refractivity contribution in [3.05, 3.63) is 56.5 Å². The lowest BCUT2D eigenvalue weighted by atomic mass is 10.1. The van der Waals surface area contributed by atoms with E-state index in [2.05, 4.69) is 72.1 Å². The molecule has 0 radical (unpaired) electrons. The monoisotopic (exact) mass is 476 g/mol. The molecule has 0 saturated carbocycles. The van der Waals surface area contributed by atoms with Gasteiger partial charge in [0.15, 0.2) is 0 Å². The molecule has 0 aromatic heterocycles. The Kier molecular flexibility index (Phi) is 6.58. The summed E-state index contributed by atoms with van der Waals surface area (Å²) in [6, 6.07) is 12.2. The molecule has 112 valence electrons. The van der Waals surface area contributed by atoms with Gasteiger partial charge in [0.2, 0.25) is 0 Å². The van der Waals surface area contributed by atoms with Crippen LogP contribution in [0, 0.1) is 0 Å². The minimum atomic E-state index is 0.622. The molecule has 2 aromatic rings. The number of benzene rings is 2. The van der Waals surface area contributed by atoms with Crippen molar-refractivity contribution >= 4 is 47.8 Å². The van der Waals surface area contributed by atoms with Gasteiger partial charge in [-0.05, 0) is 67.3 Å². The van der Waals surface area contributed by atoms with Gasteiger partial charge >= 0.3 is 0 Å². The highest BCUT2D eigenvalue weighted by Crippen LogP contribution is 2.35. The van der Waals surface area contributed by atoms with Crippen LogP contribution in [0.5, 0.6) is 11.5 Å². The molecule has 21 heavy (non-hydrogen) atoms. The third-order valence-corrected chi connectivity index (χ3v) is 4.83. The van der Waals surface area contributed by atoms with E-state index >= 15 is 0 Å². The van der Waals surface area contributed by atoms with Crippen LogP contribution in [0.15, 0.2) is 45.3 Å². The third-order valence-electron chi connectivity index (χ3n) is 3.01. The number of rotatable bonds is 6. The average Bonchev–Trinajstić information content (AvgIpc) is 2.50. The Bertz CT molecular complexity index is 574. The lowest BCUT2D eigenvalue weighted by Gasteiger charge is -2.12. The summed E-state index contributed by atoms with van der Waals surface area (Å²) < 4.78 is 13.0. The van der Waals surface area contributed by atoms with E-state index in [1.807, 2.05) is 12.1 Å². The zero-order valence-electron chi connectivity index (χ0n) is 11.5. The van der Waals surface area contributed by atoms with Crippen LogP contribution in [0.2, 0.25) is 0 Å². The first-order chi connectivity index (χ1) is 10.1. The summed E-state index contributed by atoms with van der Waals surface area (Å²) in [4.78, 5) is 0. The van der Waals surface area contributed by atoms with Gasteiger partial charge in [-0.15, -0.1) is 0 Å². The lowest BCUT2D eigenvalue weighted by molar-refractivity contribution is 0.318. The minimum absolute atomic E-state index is 0.622. The van der Waals surface area contributed by atoms with Gasteiger partial charge in [0, 0.05) is 11.8 Å². The SMILES string of the molecule is COc1ccc(CCOc2c(Br)cc(CBr)cc2Br)cc1. The number of ether oxygens (including phenoxy) is 2. The standard InChI is InChI=1S/C16H15Br3O2/c1-20-13-4-2-11(3-5-13)6-7-21-16-14(18)8-12(10-17)9-15(16)19/h2-5,8-9H,6-7,10H2,1H3. The quantitative estimate of drug-likeness (QED) is 0.493. The number of methoxy groups -OCH3 is 1. The van der Waals surface area contributed by atoms with Crippen LogP contribution in [0.25, 0.3) is 0 Å². The summed E-state index contributed by atoms with van der Waals surface area (Å²) in [7, 11) is 1.67. The first kappa shape index (κ1) is 16.8. The van der Waals surface area contributed by atoms with Crippen molar-refractivity contribution in [2.75, 3.05) is 13.7 Å². The molecule has 0 bridgehead atoms. The summed E-state index contributed by atoms with van der Waals surface area (Å²) >= 11 is 10.6. The van der Waals surface area contributed by atoms with E-state index in [-0.39, 0.29) is 0 Å². The van der Waals surface area contributed by atoms with Gasteiger partial charge in [-0.3, -0.25) is 0 Å². The summed E-state index contributed by atoms with van der Waals surface area (Å²) in [5.41, 5.74) is 2.41. The molecule has 2 nitrogen and oxygen atoms in total. The maximum Gasteiger partial charge on any atom is 0.147 e. The maximum atomic E-state index is 5.89. The van der Waals surface area contributed by atoms with Gasteiger partial charge in [0.1, 0.15) is 11.5 Å². The van der Waals surface area contributed by atoms with Crippen LogP contribution in [0.4, 0.5) is 0 Å². The van der Waals surface area contributed by atoms with Crippen molar-refractivity contribution in [3.8, 4) is 11.5 Å². The van der Waals surface area contributed by atoms with E-state index < -0.39 is 0 Å². The molecule has 2 rings (SSSR count). The third kappa shape index (κ3) is 4.73. The van der Waals surface area contributed by atoms with E-state index in [4.69, 9.17) is 9.47 Å². The van der Waals surface area contributed by atoms with Crippen LogP contribution in [0.1, 0.15) is 11.1 Å². The van der Waals surface area contributed by atoms with Gasteiger partial charge < -0.3 is 9.47 Å². The number of hydrogen-bond acceptors (Lipinski definition) is 2. The molecule has 5 heteroatoms. The highest BCUT2D eigenvalue weighted by Gasteiger charge is 2.08. The Balaban J connectivity index is 1.96. The van der Waals surface area contributed by atoms with Gasteiger partial charge in [0.05, 0.1) is 22.7 Å². The lowest BCUT2D eigenvalue weighted by Crippen LogP contribution is -2.02. The largest absolute Gasteiger partial charge is 0.497 e. The van der Waals surface area contributed by atoms with Gasteiger partial charge in [-0.2, -0.15) is 0 Å². The first-order valence-corrected chi connectivity index (χ1v) is 9.14. The molecular weight excluding hydrogens is 464 g/mol. The molecular formula is C16H15Br3O2. The second kappa shape index (κ2) is 8.20. The molecule has 0 heterocycles. The topological polar surface area (TPSA) is 18.5 Å². The number of halogens is 3. The zero-order valence-corrected chi connectivity index (χ0v) is 16.3. The summed E-state index contributed by atoms with van der Waals surface area (Å²) in [5, 5.41) is 0.816. The molecule has 0 N–H and O–H groups in total. The van der Waals surface area contributed by atoms with Crippen LogP contribution in [0.3, 0.4) is 0 Å². The highest BCUT2D eigenvalue weighted by atomic mass is 79.9. The van der Waals surface area contributed by atoms with E-state index in [9.17, 15) is 0 Å². The van der Waals surface area contributed by atoms with Crippen molar-refractivity contribution in [2.24, 2.45) is 0 Å². The van der Waals surface area contributed by atoms with Gasteiger partial charge in [-0.1, -0.05) is 28.1 Å². The fourth-order valence-electron chi connectivity index (χ4n) is 1.89. The Labute approximate surface area is 150 Å². The van der Waals surface area contributed by atoms with Crippen LogP contribution in [-0.2, 0) is 11.8 Å². The van der Waals surface area contributed by atoms with Gasteiger partial charge in [0.25, 0.3) is 0 Å². The van der Waals surface area contributed by atoms with Crippen molar-refractivity contribution in [1.29, 1.82) is 0 Å². The molecule has 0 saturated heterocycles.